The fraction of sp³-hybridized carbons (Fsp3) is 0.500. The first-order chi connectivity index (χ1) is 6.91. The van der Waals surface area contributed by atoms with Gasteiger partial charge in [0.25, 0.3) is 5.91 Å². The molecule has 0 radical (unpaired) electrons. The van der Waals surface area contributed by atoms with E-state index in [1.54, 1.807) is 0 Å². The van der Waals surface area contributed by atoms with Crippen LogP contribution in [-0.4, -0.2) is 11.5 Å². The SMILES string of the molecule is CC1(C)Cc2c(sc(N)c2C(N)=O)CO1. The molecular weight excluding hydrogens is 212 g/mol. The number of carbonyl (C=O) groups excluding carboxylic acids is 1. The summed E-state index contributed by atoms with van der Waals surface area (Å²) in [5, 5.41) is 0.508. The first kappa shape index (κ1) is 10.4. The smallest absolute Gasteiger partial charge is 0.251 e. The second-order valence-electron chi connectivity index (χ2n) is 4.33. The molecule has 1 amide bonds. The average Bonchev–Trinajstić information content (AvgIpc) is 2.38. The molecule has 0 fully saturated rings. The molecule has 0 aromatic carbocycles. The van der Waals surface area contributed by atoms with E-state index in [1.807, 2.05) is 13.8 Å². The third kappa shape index (κ3) is 1.72. The monoisotopic (exact) mass is 226 g/mol. The Morgan fingerprint density at radius 1 is 1.53 bits per heavy atom. The highest BCUT2D eigenvalue weighted by Gasteiger charge is 2.31. The number of hydrogen-bond acceptors (Lipinski definition) is 4. The summed E-state index contributed by atoms with van der Waals surface area (Å²) in [6, 6.07) is 0. The van der Waals surface area contributed by atoms with Gasteiger partial charge in [0.2, 0.25) is 0 Å². The summed E-state index contributed by atoms with van der Waals surface area (Å²) in [7, 11) is 0. The number of thiophene rings is 1. The molecule has 5 heteroatoms. The van der Waals surface area contributed by atoms with Crippen LogP contribution >= 0.6 is 11.3 Å². The Kier molecular flexibility index (Phi) is 2.24. The lowest BCUT2D eigenvalue weighted by Crippen LogP contribution is -2.32. The van der Waals surface area contributed by atoms with Crippen LogP contribution < -0.4 is 11.5 Å². The maximum Gasteiger partial charge on any atom is 0.251 e. The van der Waals surface area contributed by atoms with Gasteiger partial charge in [0.15, 0.2) is 0 Å². The van der Waals surface area contributed by atoms with Crippen LogP contribution in [0.1, 0.15) is 34.6 Å². The molecule has 1 aromatic rings. The van der Waals surface area contributed by atoms with Crippen LogP contribution in [0.25, 0.3) is 0 Å². The standard InChI is InChI=1S/C10H14N2O2S/c1-10(2)3-5-6(4-14-10)15-9(12)7(5)8(11)13/h3-4,12H2,1-2H3,(H2,11,13). The maximum atomic E-state index is 11.3. The highest BCUT2D eigenvalue weighted by Crippen LogP contribution is 2.38. The lowest BCUT2D eigenvalue weighted by molar-refractivity contribution is -0.0383. The Balaban J connectivity index is 2.51. The molecule has 4 nitrogen and oxygen atoms in total. The van der Waals surface area contributed by atoms with Crippen LogP contribution in [-0.2, 0) is 17.8 Å². The van der Waals surface area contributed by atoms with E-state index in [9.17, 15) is 4.79 Å². The van der Waals surface area contributed by atoms with Gasteiger partial charge in [-0.05, 0) is 19.4 Å². The molecule has 4 N–H and O–H groups in total. The Morgan fingerprint density at radius 2 is 2.20 bits per heavy atom. The van der Waals surface area contributed by atoms with Gasteiger partial charge in [-0.15, -0.1) is 11.3 Å². The van der Waals surface area contributed by atoms with Gasteiger partial charge in [0.1, 0.15) is 0 Å². The molecule has 0 aliphatic carbocycles. The van der Waals surface area contributed by atoms with Crippen LogP contribution in [0.2, 0.25) is 0 Å². The molecule has 0 saturated carbocycles. The molecule has 1 aliphatic rings. The lowest BCUT2D eigenvalue weighted by Gasteiger charge is -2.30. The number of nitrogen functional groups attached to an aromatic ring is 1. The Bertz CT molecular complexity index is 423. The van der Waals surface area contributed by atoms with Crippen molar-refractivity contribution in [2.24, 2.45) is 5.73 Å². The third-order valence-electron chi connectivity index (χ3n) is 2.56. The molecule has 0 unspecified atom stereocenters. The van der Waals surface area contributed by atoms with Crippen molar-refractivity contribution in [3.63, 3.8) is 0 Å². The minimum absolute atomic E-state index is 0.245. The Morgan fingerprint density at radius 3 is 2.80 bits per heavy atom. The fourth-order valence-corrected chi connectivity index (χ4v) is 2.85. The number of primary amides is 1. The van der Waals surface area contributed by atoms with E-state index in [2.05, 4.69) is 0 Å². The van der Waals surface area contributed by atoms with Crippen LogP contribution in [0.4, 0.5) is 5.00 Å². The number of hydrogen-bond donors (Lipinski definition) is 2. The lowest BCUT2D eigenvalue weighted by atomic mass is 9.93. The van der Waals surface area contributed by atoms with Crippen LogP contribution in [0.15, 0.2) is 0 Å². The van der Waals surface area contributed by atoms with Crippen LogP contribution in [0.5, 0.6) is 0 Å². The van der Waals surface area contributed by atoms with E-state index >= 15 is 0 Å². The zero-order valence-electron chi connectivity index (χ0n) is 8.79. The molecular formula is C10H14N2O2S. The topological polar surface area (TPSA) is 78.3 Å². The number of amides is 1. The van der Waals surface area contributed by atoms with Gasteiger partial charge in [-0.3, -0.25) is 4.79 Å². The van der Waals surface area contributed by atoms with Gasteiger partial charge in [0, 0.05) is 11.3 Å². The van der Waals surface area contributed by atoms with Gasteiger partial charge in [-0.2, -0.15) is 0 Å². The number of ether oxygens (including phenoxy) is 1. The predicted molar refractivity (Wildman–Crippen MR) is 59.8 cm³/mol. The molecule has 0 atom stereocenters. The fourth-order valence-electron chi connectivity index (χ4n) is 1.84. The van der Waals surface area contributed by atoms with Gasteiger partial charge < -0.3 is 16.2 Å². The van der Waals surface area contributed by atoms with Gasteiger partial charge in [-0.25, -0.2) is 0 Å². The number of carbonyl (C=O) groups is 1. The minimum Gasteiger partial charge on any atom is -0.390 e. The van der Waals surface area contributed by atoms with E-state index in [0.717, 1.165) is 10.4 Å². The Hall–Kier alpha value is -1.07. The summed E-state index contributed by atoms with van der Waals surface area (Å²) < 4.78 is 5.64. The van der Waals surface area contributed by atoms with Crippen molar-refractivity contribution < 1.29 is 9.53 Å². The maximum absolute atomic E-state index is 11.3. The summed E-state index contributed by atoms with van der Waals surface area (Å²) in [6.07, 6.45) is 0.689. The summed E-state index contributed by atoms with van der Waals surface area (Å²) in [5.41, 5.74) is 12.3. The molecule has 15 heavy (non-hydrogen) atoms. The normalized spacial score (nSPS) is 18.5. The van der Waals surface area contributed by atoms with Crippen molar-refractivity contribution in [2.75, 3.05) is 5.73 Å². The molecule has 2 heterocycles. The van der Waals surface area contributed by atoms with Gasteiger partial charge in [-0.1, -0.05) is 0 Å². The second kappa shape index (κ2) is 3.21. The summed E-state index contributed by atoms with van der Waals surface area (Å²) in [4.78, 5) is 12.3. The molecule has 1 aliphatic heterocycles. The summed E-state index contributed by atoms with van der Waals surface area (Å²) in [6.45, 7) is 4.51. The van der Waals surface area contributed by atoms with Gasteiger partial charge in [0.05, 0.1) is 22.8 Å². The molecule has 2 rings (SSSR count). The van der Waals surface area contributed by atoms with E-state index in [-0.39, 0.29) is 5.60 Å². The van der Waals surface area contributed by atoms with Crippen molar-refractivity contribution in [1.82, 2.24) is 0 Å². The first-order valence-electron chi connectivity index (χ1n) is 4.74. The molecule has 1 aromatic heterocycles. The van der Waals surface area contributed by atoms with Gasteiger partial charge >= 0.3 is 0 Å². The van der Waals surface area contributed by atoms with E-state index in [1.165, 1.54) is 11.3 Å². The highest BCUT2D eigenvalue weighted by atomic mass is 32.1. The third-order valence-corrected chi connectivity index (χ3v) is 3.60. The van der Waals surface area contributed by atoms with Crippen molar-refractivity contribution in [1.29, 1.82) is 0 Å². The van der Waals surface area contributed by atoms with E-state index < -0.39 is 5.91 Å². The number of anilines is 1. The minimum atomic E-state index is -0.442. The summed E-state index contributed by atoms with van der Waals surface area (Å²) >= 11 is 1.40. The largest absolute Gasteiger partial charge is 0.390 e. The number of rotatable bonds is 1. The molecule has 82 valence electrons. The molecule has 0 spiro atoms. The second-order valence-corrected chi connectivity index (χ2v) is 5.47. The van der Waals surface area contributed by atoms with Crippen LogP contribution in [0, 0.1) is 0 Å². The van der Waals surface area contributed by atoms with Crippen molar-refractivity contribution >= 4 is 22.2 Å². The first-order valence-corrected chi connectivity index (χ1v) is 5.56. The van der Waals surface area contributed by atoms with E-state index in [4.69, 9.17) is 16.2 Å². The average molecular weight is 226 g/mol. The van der Waals surface area contributed by atoms with Crippen molar-refractivity contribution in [2.45, 2.75) is 32.5 Å². The number of fused-ring (bicyclic) bond motifs is 1. The summed E-state index contributed by atoms with van der Waals surface area (Å²) in [5.74, 6) is -0.442. The van der Waals surface area contributed by atoms with Crippen LogP contribution in [0.3, 0.4) is 0 Å². The number of nitrogens with two attached hydrogens (primary N) is 2. The molecule has 0 bridgehead atoms. The van der Waals surface area contributed by atoms with Crippen molar-refractivity contribution in [3.8, 4) is 0 Å². The zero-order valence-corrected chi connectivity index (χ0v) is 9.61. The Labute approximate surface area is 92.2 Å². The molecule has 0 saturated heterocycles. The zero-order chi connectivity index (χ0) is 11.2. The quantitative estimate of drug-likeness (QED) is 0.757. The highest BCUT2D eigenvalue weighted by molar-refractivity contribution is 7.16. The van der Waals surface area contributed by atoms with E-state index in [0.29, 0.717) is 23.6 Å². The predicted octanol–water partition coefficient (Wildman–Crippen LogP) is 1.28. The van der Waals surface area contributed by atoms with Crippen molar-refractivity contribution in [3.05, 3.63) is 16.0 Å².